The van der Waals surface area contributed by atoms with Gasteiger partial charge in [-0.2, -0.15) is 13.2 Å². The maximum Gasteiger partial charge on any atom is 0.419 e. The number of nitrogens with zero attached hydrogens (tertiary/aromatic N) is 1. The molecule has 1 unspecified atom stereocenters. The van der Waals surface area contributed by atoms with Crippen molar-refractivity contribution in [2.45, 2.75) is 103 Å². The zero-order valence-corrected chi connectivity index (χ0v) is 26.3. The van der Waals surface area contributed by atoms with Crippen molar-refractivity contribution in [3.8, 4) is 5.75 Å². The third-order valence-electron chi connectivity index (χ3n) is 7.41. The fourth-order valence-corrected chi connectivity index (χ4v) is 8.44. The second kappa shape index (κ2) is 12.9. The van der Waals surface area contributed by atoms with Crippen LogP contribution in [0.1, 0.15) is 84.4 Å². The molecule has 0 saturated carbocycles. The fraction of sp³-hybridized carbons (Fsp3) is 0.594. The lowest BCUT2D eigenvalue weighted by atomic mass is 9.93. The molecule has 3 rings (SSSR count). The topological polar surface area (TPSA) is 57.1 Å². The molecule has 1 aliphatic rings. The van der Waals surface area contributed by atoms with E-state index in [1.165, 1.54) is 11.6 Å². The number of hydrogen-bond donors (Lipinski definition) is 0. The maximum atomic E-state index is 14.1. The first-order valence-electron chi connectivity index (χ1n) is 14.3. The van der Waals surface area contributed by atoms with Crippen molar-refractivity contribution in [3.63, 3.8) is 0 Å². The Labute approximate surface area is 243 Å². The van der Waals surface area contributed by atoms with Gasteiger partial charge in [-0.25, -0.2) is 4.99 Å². The summed E-state index contributed by atoms with van der Waals surface area (Å²) < 4.78 is 73.5. The number of alkyl halides is 3. The van der Waals surface area contributed by atoms with Gasteiger partial charge in [0.1, 0.15) is 17.9 Å². The van der Waals surface area contributed by atoms with Crippen LogP contribution in [0.4, 0.5) is 13.2 Å². The van der Waals surface area contributed by atoms with Crippen LogP contribution in [0, 0.1) is 0 Å². The summed E-state index contributed by atoms with van der Waals surface area (Å²) in [4.78, 5) is 4.67. The van der Waals surface area contributed by atoms with Gasteiger partial charge in [-0.15, -0.1) is 0 Å². The normalized spacial score (nSPS) is 18.2. The van der Waals surface area contributed by atoms with Gasteiger partial charge >= 0.3 is 6.18 Å². The molecular weight excluding hydrogens is 550 g/mol. The molecule has 0 amide bonds. The van der Waals surface area contributed by atoms with Crippen molar-refractivity contribution in [1.29, 1.82) is 0 Å². The van der Waals surface area contributed by atoms with Crippen molar-refractivity contribution in [2.75, 3.05) is 19.8 Å². The number of halogens is 3. The maximum absolute atomic E-state index is 14.1. The highest BCUT2D eigenvalue weighted by Gasteiger charge is 2.50. The molecule has 0 N–H and O–H groups in total. The Balaban J connectivity index is 1.69. The zero-order chi connectivity index (χ0) is 30.5. The Morgan fingerprint density at radius 3 is 2.15 bits per heavy atom. The molecule has 2 aromatic carbocycles. The second-order valence-corrected chi connectivity index (χ2v) is 17.0. The van der Waals surface area contributed by atoms with Crippen LogP contribution in [0.5, 0.6) is 5.75 Å². The minimum absolute atomic E-state index is 0.0620. The predicted octanol–water partition coefficient (Wildman–Crippen LogP) is 9.12. The number of benzene rings is 2. The summed E-state index contributed by atoms with van der Waals surface area (Å²) in [7, 11) is -3.16. The molecule has 0 aromatic heterocycles. The Bertz CT molecular complexity index is 1210. The van der Waals surface area contributed by atoms with E-state index in [-0.39, 0.29) is 25.6 Å². The summed E-state index contributed by atoms with van der Waals surface area (Å²) in [5.41, 5.74) is 0.101. The monoisotopic (exact) mass is 595 g/mol. The van der Waals surface area contributed by atoms with Gasteiger partial charge in [0.05, 0.1) is 18.8 Å². The Hall–Kier alpha value is -2.31. The summed E-state index contributed by atoms with van der Waals surface area (Å²) in [5.74, 6) is 0.329. The minimum Gasteiger partial charge on any atom is -0.493 e. The van der Waals surface area contributed by atoms with Crippen LogP contribution in [0.2, 0.25) is 0 Å². The van der Waals surface area contributed by atoms with Gasteiger partial charge in [-0.1, -0.05) is 77.9 Å². The SMILES string of the molecule is CC1=NC(CCc2ccc(OCCCCc3ccccc3)c(C(F)(F)F)c2)(COP(=O)(C(C)(C)C)C(C)(C)C)CO1. The van der Waals surface area contributed by atoms with Crippen LogP contribution in [0.25, 0.3) is 0 Å². The second-order valence-electron chi connectivity index (χ2n) is 12.9. The summed E-state index contributed by atoms with van der Waals surface area (Å²) in [6, 6.07) is 14.2. The summed E-state index contributed by atoms with van der Waals surface area (Å²) in [5, 5.41) is -1.19. The van der Waals surface area contributed by atoms with Crippen LogP contribution in [-0.4, -0.2) is 41.6 Å². The van der Waals surface area contributed by atoms with E-state index in [0.717, 1.165) is 18.9 Å². The highest BCUT2D eigenvalue weighted by molar-refractivity contribution is 7.62. The molecule has 41 heavy (non-hydrogen) atoms. The van der Waals surface area contributed by atoms with E-state index in [1.807, 2.05) is 71.9 Å². The van der Waals surface area contributed by atoms with Gasteiger partial charge in [-0.05, 0) is 55.4 Å². The lowest BCUT2D eigenvalue weighted by Gasteiger charge is -2.41. The number of rotatable bonds is 12. The van der Waals surface area contributed by atoms with E-state index in [4.69, 9.17) is 14.0 Å². The lowest BCUT2D eigenvalue weighted by molar-refractivity contribution is -0.139. The molecule has 9 heteroatoms. The molecular formula is C32H45F3NO4P. The van der Waals surface area contributed by atoms with Crippen LogP contribution in [0.15, 0.2) is 53.5 Å². The molecule has 1 atom stereocenters. The average molecular weight is 596 g/mol. The first-order chi connectivity index (χ1) is 19.0. The molecule has 5 nitrogen and oxygen atoms in total. The molecule has 0 saturated heterocycles. The standard InChI is InChI=1S/C32H45F3NO4P/c1-24-36-31(22-39-24,23-40-41(37,29(2,3)4)30(5,6)7)19-18-26-16-17-28(27(21-26)32(33,34)35)38-20-12-11-15-25-13-9-8-10-14-25/h8-10,13-14,16-17,21H,11-12,15,18-20,22-23H2,1-7H3. The summed E-state index contributed by atoms with van der Waals surface area (Å²) >= 11 is 0. The molecule has 2 aromatic rings. The largest absolute Gasteiger partial charge is 0.493 e. The van der Waals surface area contributed by atoms with E-state index >= 15 is 0 Å². The van der Waals surface area contributed by atoms with Gasteiger partial charge < -0.3 is 14.0 Å². The van der Waals surface area contributed by atoms with Gasteiger partial charge in [0, 0.05) is 17.2 Å². The van der Waals surface area contributed by atoms with Crippen molar-refractivity contribution in [2.24, 2.45) is 4.99 Å². The van der Waals surface area contributed by atoms with Gasteiger partial charge in [-0.3, -0.25) is 4.57 Å². The number of ether oxygens (including phenoxy) is 2. The third kappa shape index (κ3) is 8.61. The lowest BCUT2D eigenvalue weighted by Crippen LogP contribution is -2.38. The Morgan fingerprint density at radius 2 is 1.59 bits per heavy atom. The van der Waals surface area contributed by atoms with Gasteiger partial charge in [0.25, 0.3) is 0 Å². The van der Waals surface area contributed by atoms with E-state index in [1.54, 1.807) is 13.0 Å². The van der Waals surface area contributed by atoms with Crippen molar-refractivity contribution < 1.29 is 31.7 Å². The van der Waals surface area contributed by atoms with E-state index < -0.39 is 35.0 Å². The highest BCUT2D eigenvalue weighted by Crippen LogP contribution is 2.67. The molecule has 0 fully saturated rings. The Kier molecular flexibility index (Phi) is 10.5. The zero-order valence-electron chi connectivity index (χ0n) is 25.4. The molecule has 0 bridgehead atoms. The molecule has 0 aliphatic carbocycles. The predicted molar refractivity (Wildman–Crippen MR) is 159 cm³/mol. The van der Waals surface area contributed by atoms with E-state index in [0.29, 0.717) is 30.7 Å². The molecule has 0 radical (unpaired) electrons. The summed E-state index contributed by atoms with van der Waals surface area (Å²) in [6.45, 7) is 13.6. The van der Waals surface area contributed by atoms with Crippen molar-refractivity contribution in [1.82, 2.24) is 0 Å². The van der Waals surface area contributed by atoms with Crippen LogP contribution in [0.3, 0.4) is 0 Å². The van der Waals surface area contributed by atoms with E-state index in [9.17, 15) is 17.7 Å². The van der Waals surface area contributed by atoms with Crippen LogP contribution in [-0.2, 0) is 32.8 Å². The Morgan fingerprint density at radius 1 is 0.927 bits per heavy atom. The third-order valence-corrected chi connectivity index (χ3v) is 11.4. The molecule has 228 valence electrons. The van der Waals surface area contributed by atoms with Gasteiger partial charge in [0.15, 0.2) is 5.90 Å². The smallest absolute Gasteiger partial charge is 0.419 e. The first kappa shape index (κ1) is 33.2. The molecule has 1 heterocycles. The quantitative estimate of drug-likeness (QED) is 0.181. The van der Waals surface area contributed by atoms with Crippen molar-refractivity contribution >= 4 is 13.3 Å². The fourth-order valence-electron chi connectivity index (χ4n) is 5.23. The van der Waals surface area contributed by atoms with E-state index in [2.05, 4.69) is 4.99 Å². The number of aryl methyl sites for hydroxylation is 2. The number of hydrogen-bond acceptors (Lipinski definition) is 5. The first-order valence-corrected chi connectivity index (χ1v) is 15.9. The van der Waals surface area contributed by atoms with Crippen molar-refractivity contribution in [3.05, 3.63) is 65.2 Å². The van der Waals surface area contributed by atoms with Crippen LogP contribution < -0.4 is 4.74 Å². The highest BCUT2D eigenvalue weighted by atomic mass is 31.2. The number of aliphatic imine (C=N–C) groups is 1. The molecule has 0 spiro atoms. The number of unbranched alkanes of at least 4 members (excludes halogenated alkanes) is 1. The minimum atomic E-state index is -4.55. The average Bonchev–Trinajstić information content (AvgIpc) is 3.25. The molecule has 1 aliphatic heterocycles. The van der Waals surface area contributed by atoms with Crippen LogP contribution >= 0.6 is 7.37 Å². The van der Waals surface area contributed by atoms with Gasteiger partial charge in [0.2, 0.25) is 7.37 Å². The summed E-state index contributed by atoms with van der Waals surface area (Å²) in [6.07, 6.45) is -1.51.